The lowest BCUT2D eigenvalue weighted by Gasteiger charge is -2.57. The van der Waals surface area contributed by atoms with E-state index in [9.17, 15) is 9.59 Å². The molecule has 0 aliphatic heterocycles. The Morgan fingerprint density at radius 3 is 2.65 bits per heavy atom. The maximum atomic E-state index is 12.5. The number of carbonyl (C=O) groups is 2. The topological polar surface area (TPSA) is 80.3 Å². The average molecular weight is 504 g/mol. The van der Waals surface area contributed by atoms with Gasteiger partial charge in [-0.2, -0.15) is 0 Å². The summed E-state index contributed by atoms with van der Waals surface area (Å²) in [4.78, 5) is 28.8. The van der Waals surface area contributed by atoms with Crippen LogP contribution >= 0.6 is 0 Å². The van der Waals surface area contributed by atoms with Gasteiger partial charge in [0, 0.05) is 24.9 Å². The van der Waals surface area contributed by atoms with Crippen molar-refractivity contribution in [3.05, 3.63) is 47.8 Å². The summed E-state index contributed by atoms with van der Waals surface area (Å²) in [6, 6.07) is 4.75. The smallest absolute Gasteiger partial charge is 0.325 e. The van der Waals surface area contributed by atoms with E-state index in [0.717, 1.165) is 38.5 Å². The number of allylic oxidation sites excluding steroid dienone is 3. The Balaban J connectivity index is 1.07. The lowest BCUT2D eigenvalue weighted by atomic mass is 9.47. The number of ether oxygens (including phenoxy) is 1. The highest BCUT2D eigenvalue weighted by molar-refractivity contribution is 5.83. The maximum absolute atomic E-state index is 12.5. The van der Waals surface area contributed by atoms with Gasteiger partial charge in [0.1, 0.15) is 12.6 Å². The van der Waals surface area contributed by atoms with Gasteiger partial charge < -0.3 is 15.4 Å². The van der Waals surface area contributed by atoms with Crippen molar-refractivity contribution < 1.29 is 14.3 Å². The summed E-state index contributed by atoms with van der Waals surface area (Å²) in [6.07, 6.45) is 18.7. The van der Waals surface area contributed by atoms with Crippen LogP contribution in [0.4, 0.5) is 0 Å². The highest BCUT2D eigenvalue weighted by atomic mass is 16.5. The van der Waals surface area contributed by atoms with E-state index in [2.05, 4.69) is 53.7 Å². The normalized spacial score (nSPS) is 36.4. The van der Waals surface area contributed by atoms with Crippen LogP contribution in [0.15, 0.2) is 42.3 Å². The summed E-state index contributed by atoms with van der Waals surface area (Å²) in [5.41, 5.74) is 4.74. The molecule has 0 saturated heterocycles. The van der Waals surface area contributed by atoms with Crippen molar-refractivity contribution >= 4 is 17.4 Å². The van der Waals surface area contributed by atoms with Gasteiger partial charge in [0.05, 0.1) is 6.54 Å². The first-order valence-electron chi connectivity index (χ1n) is 14.4. The van der Waals surface area contributed by atoms with Gasteiger partial charge >= 0.3 is 5.97 Å². The van der Waals surface area contributed by atoms with Crippen LogP contribution in [-0.4, -0.2) is 42.1 Å². The second-order valence-corrected chi connectivity index (χ2v) is 12.6. The van der Waals surface area contributed by atoms with E-state index in [1.165, 1.54) is 36.0 Å². The van der Waals surface area contributed by atoms with Crippen molar-refractivity contribution in [2.45, 2.75) is 83.8 Å². The first-order chi connectivity index (χ1) is 17.9. The predicted molar refractivity (Wildman–Crippen MR) is 143 cm³/mol. The van der Waals surface area contributed by atoms with Gasteiger partial charge in [-0.25, -0.2) is 0 Å². The molecule has 6 nitrogen and oxygen atoms in total. The zero-order valence-corrected chi connectivity index (χ0v) is 22.3. The Kier molecular flexibility index (Phi) is 6.50. The predicted octanol–water partition coefficient (Wildman–Crippen LogP) is 4.82. The van der Waals surface area contributed by atoms with Gasteiger partial charge in [-0.05, 0) is 97.2 Å². The number of hydrogen-bond donors (Lipinski definition) is 2. The molecule has 6 unspecified atom stereocenters. The lowest BCUT2D eigenvalue weighted by molar-refractivity contribution is -0.151. The Morgan fingerprint density at radius 2 is 1.86 bits per heavy atom. The number of esters is 1. The molecule has 5 aliphatic rings. The minimum absolute atomic E-state index is 0.0464. The van der Waals surface area contributed by atoms with Crippen LogP contribution in [0, 0.1) is 28.6 Å². The number of fused-ring (bicyclic) bond motifs is 5. The molecule has 1 aromatic heterocycles. The van der Waals surface area contributed by atoms with Crippen LogP contribution in [0.1, 0.15) is 77.2 Å². The molecular weight excluding hydrogens is 462 g/mol. The van der Waals surface area contributed by atoms with Crippen LogP contribution in [0.3, 0.4) is 0 Å². The highest BCUT2D eigenvalue weighted by Crippen LogP contribution is 2.66. The molecule has 0 spiro atoms. The molecule has 0 radical (unpaired) electrons. The molecule has 37 heavy (non-hydrogen) atoms. The van der Waals surface area contributed by atoms with Gasteiger partial charge in [0.15, 0.2) is 0 Å². The van der Waals surface area contributed by atoms with Gasteiger partial charge in [-0.1, -0.05) is 37.6 Å². The van der Waals surface area contributed by atoms with E-state index >= 15 is 0 Å². The molecule has 3 saturated carbocycles. The largest absolute Gasteiger partial charge is 0.461 e. The third-order valence-corrected chi connectivity index (χ3v) is 10.5. The van der Waals surface area contributed by atoms with E-state index in [1.54, 1.807) is 0 Å². The fraction of sp³-hybridized carbons (Fsp3) is 0.645. The average Bonchev–Trinajstić information content (AvgIpc) is 3.66. The maximum Gasteiger partial charge on any atom is 0.325 e. The van der Waals surface area contributed by atoms with Crippen molar-refractivity contribution in [2.24, 2.45) is 28.6 Å². The molecule has 0 aromatic carbocycles. The highest BCUT2D eigenvalue weighted by Gasteiger charge is 2.57. The number of hydrogen-bond acceptors (Lipinski definition) is 5. The fourth-order valence-electron chi connectivity index (χ4n) is 8.25. The first kappa shape index (κ1) is 24.8. The van der Waals surface area contributed by atoms with E-state index in [0.29, 0.717) is 23.8 Å². The fourth-order valence-corrected chi connectivity index (χ4v) is 8.25. The summed E-state index contributed by atoms with van der Waals surface area (Å²) in [6.45, 7) is 5.20. The van der Waals surface area contributed by atoms with E-state index in [-0.39, 0.29) is 41.9 Å². The Labute approximate surface area is 220 Å². The molecule has 6 heteroatoms. The number of nitrogens with one attached hydrogen (secondary N) is 2. The second-order valence-electron chi connectivity index (χ2n) is 12.6. The number of rotatable bonds is 7. The summed E-state index contributed by atoms with van der Waals surface area (Å²) in [5.74, 6) is 1.62. The summed E-state index contributed by atoms with van der Waals surface area (Å²) >= 11 is 0. The zero-order valence-electron chi connectivity index (χ0n) is 22.3. The summed E-state index contributed by atoms with van der Waals surface area (Å²) in [5, 5.41) is 5.87. The summed E-state index contributed by atoms with van der Waals surface area (Å²) in [7, 11) is 0. The number of carbonyl (C=O) groups excluding carboxylic acids is 2. The van der Waals surface area contributed by atoms with Gasteiger partial charge in [0.25, 0.3) is 0 Å². The van der Waals surface area contributed by atoms with E-state index in [4.69, 9.17) is 4.74 Å². The van der Waals surface area contributed by atoms with Crippen LogP contribution in [0.2, 0.25) is 0 Å². The molecule has 1 amide bonds. The molecule has 1 heterocycles. The Bertz CT molecular complexity index is 1110. The monoisotopic (exact) mass is 503 g/mol. The zero-order chi connectivity index (χ0) is 25.6. The Morgan fingerprint density at radius 1 is 1.03 bits per heavy atom. The van der Waals surface area contributed by atoms with E-state index < -0.39 is 0 Å². The van der Waals surface area contributed by atoms with Crippen molar-refractivity contribution in [1.29, 1.82) is 0 Å². The molecule has 198 valence electrons. The second kappa shape index (κ2) is 9.68. The van der Waals surface area contributed by atoms with Crippen LogP contribution in [-0.2, 0) is 14.3 Å². The molecule has 6 rings (SSSR count). The third kappa shape index (κ3) is 4.67. The minimum Gasteiger partial charge on any atom is -0.461 e. The number of amides is 1. The molecule has 2 N–H and O–H groups in total. The molecule has 5 aliphatic carbocycles. The molecule has 6 atom stereocenters. The first-order valence-corrected chi connectivity index (χ1v) is 14.4. The quantitative estimate of drug-likeness (QED) is 0.412. The number of nitrogens with zero attached hydrogens (tertiary/aromatic N) is 1. The number of aromatic nitrogens is 1. The van der Waals surface area contributed by atoms with Crippen LogP contribution in [0.25, 0.3) is 5.57 Å². The lowest BCUT2D eigenvalue weighted by Crippen LogP contribution is -2.50. The van der Waals surface area contributed by atoms with Crippen molar-refractivity contribution in [3.63, 3.8) is 0 Å². The van der Waals surface area contributed by atoms with Gasteiger partial charge in [0.2, 0.25) is 5.91 Å². The molecule has 0 bridgehead atoms. The standard InChI is InChI=1S/C31H41N3O3/c1-30-13-11-23(37-29(36)19-34-28(35)18-33-22-6-7-22)16-21(30)5-8-24-26-10-9-25(20-4-3-15-32-17-20)31(26,2)14-12-27(24)30/h3-5,9,15,17,22-24,26-27,33H,6-8,10-14,16,18-19H2,1-2H3,(H,34,35). The van der Waals surface area contributed by atoms with Crippen molar-refractivity contribution in [1.82, 2.24) is 15.6 Å². The molecular formula is C31H41N3O3. The van der Waals surface area contributed by atoms with Crippen molar-refractivity contribution in [3.8, 4) is 0 Å². The number of pyridine rings is 1. The summed E-state index contributed by atoms with van der Waals surface area (Å²) < 4.78 is 5.83. The van der Waals surface area contributed by atoms with Crippen molar-refractivity contribution in [2.75, 3.05) is 13.1 Å². The van der Waals surface area contributed by atoms with Gasteiger partial charge in [-0.3, -0.25) is 14.6 Å². The van der Waals surface area contributed by atoms with Crippen LogP contribution in [0.5, 0.6) is 0 Å². The minimum atomic E-state index is -0.323. The van der Waals surface area contributed by atoms with Crippen LogP contribution < -0.4 is 10.6 Å². The molecule has 3 fully saturated rings. The molecule has 1 aromatic rings. The third-order valence-electron chi connectivity index (χ3n) is 10.5. The van der Waals surface area contributed by atoms with Gasteiger partial charge in [-0.15, -0.1) is 0 Å². The Hall–Kier alpha value is -2.47. The SMILES string of the molecule is CC12CCC(OC(=O)CNC(=O)CNC3CC3)CC1=CCC1C2CCC2(C)C(c3cccnc3)=CCC12. The van der Waals surface area contributed by atoms with E-state index in [1.807, 2.05) is 12.4 Å².